The molecule has 0 amide bonds. The van der Waals surface area contributed by atoms with Crippen LogP contribution >= 0.6 is 0 Å². The third-order valence-corrected chi connectivity index (χ3v) is 4.13. The molecule has 0 fully saturated rings. The molecule has 32 heavy (non-hydrogen) atoms. The molecule has 0 saturated heterocycles. The van der Waals surface area contributed by atoms with E-state index in [0.29, 0.717) is 5.52 Å². The average Bonchev–Trinajstić information content (AvgIpc) is 2.79. The van der Waals surface area contributed by atoms with Crippen molar-refractivity contribution < 1.29 is 18.3 Å². The van der Waals surface area contributed by atoms with Crippen LogP contribution in [0.1, 0.15) is 5.56 Å². The van der Waals surface area contributed by atoms with Gasteiger partial charge >= 0.3 is 6.18 Å². The second-order valence-electron chi connectivity index (χ2n) is 6.47. The molecule has 2 aromatic heterocycles. The van der Waals surface area contributed by atoms with Gasteiger partial charge in [0, 0.05) is 18.4 Å². The molecule has 10 heteroatoms. The van der Waals surface area contributed by atoms with E-state index in [1.807, 2.05) is 36.4 Å². The summed E-state index contributed by atoms with van der Waals surface area (Å²) in [5.74, 6) is 0.184. The zero-order chi connectivity index (χ0) is 23.0. The Hall–Kier alpha value is -3.92. The fourth-order valence-electron chi connectivity index (χ4n) is 2.72. The monoisotopic (exact) mass is 443 g/mol. The van der Waals surface area contributed by atoms with Crippen LogP contribution in [0.15, 0.2) is 77.7 Å². The topological polar surface area (TPSA) is 103 Å². The molecule has 2 aromatic carbocycles. The number of nitrogens with zero attached hydrogens (tertiary/aromatic N) is 2. The Bertz CT molecular complexity index is 1190. The Labute approximate surface area is 181 Å². The molecule has 0 aliphatic heterocycles. The summed E-state index contributed by atoms with van der Waals surface area (Å²) >= 11 is 0. The highest BCUT2D eigenvalue weighted by molar-refractivity contribution is 5.90. The highest BCUT2D eigenvalue weighted by atomic mass is 19.4. The van der Waals surface area contributed by atoms with Crippen molar-refractivity contribution in [3.8, 4) is 0 Å². The molecule has 0 atom stereocenters. The predicted molar refractivity (Wildman–Crippen MR) is 117 cm³/mol. The fourth-order valence-corrected chi connectivity index (χ4v) is 2.72. The molecule has 0 radical (unpaired) electrons. The van der Waals surface area contributed by atoms with Crippen molar-refractivity contribution in [1.82, 2.24) is 15.0 Å². The summed E-state index contributed by atoms with van der Waals surface area (Å²) in [5, 5.41) is 14.5. The van der Waals surface area contributed by atoms with Gasteiger partial charge in [-0.15, -0.1) is 0 Å². The number of benzene rings is 2. The molecule has 0 bridgehead atoms. The van der Waals surface area contributed by atoms with Gasteiger partial charge in [-0.2, -0.15) is 18.2 Å². The Kier molecular flexibility index (Phi) is 7.40. The molecular weight excluding hydrogens is 423 g/mol. The van der Waals surface area contributed by atoms with Gasteiger partial charge in [0.05, 0.1) is 17.7 Å². The molecule has 4 rings (SSSR count). The van der Waals surface area contributed by atoms with Crippen LogP contribution in [0.25, 0.3) is 10.9 Å². The summed E-state index contributed by atoms with van der Waals surface area (Å²) < 4.78 is 38.7. The second kappa shape index (κ2) is 10.4. The van der Waals surface area contributed by atoms with E-state index in [9.17, 15) is 18.0 Å². The Balaban J connectivity index is 0.000000416. The molecule has 2 heterocycles. The van der Waals surface area contributed by atoms with Crippen LogP contribution in [0.2, 0.25) is 0 Å². The highest BCUT2D eigenvalue weighted by Crippen LogP contribution is 2.32. The Morgan fingerprint density at radius 2 is 1.66 bits per heavy atom. The number of anilines is 3. The number of halogens is 3. The van der Waals surface area contributed by atoms with Crippen molar-refractivity contribution in [2.24, 2.45) is 0 Å². The lowest BCUT2D eigenvalue weighted by Crippen LogP contribution is -2.14. The molecule has 0 aliphatic carbocycles. The van der Waals surface area contributed by atoms with E-state index in [0.717, 1.165) is 12.1 Å². The summed E-state index contributed by atoms with van der Waals surface area (Å²) in [6, 6.07) is 18.1. The number of aliphatic hydroxyl groups excluding tert-OH is 1. The van der Waals surface area contributed by atoms with Gasteiger partial charge in [0.25, 0.3) is 5.56 Å². The number of aromatic nitrogens is 3. The number of aromatic amines is 1. The smallest absolute Gasteiger partial charge is 0.395 e. The molecule has 0 spiro atoms. The van der Waals surface area contributed by atoms with Crippen LogP contribution < -0.4 is 16.2 Å². The molecule has 7 nitrogen and oxygen atoms in total. The minimum atomic E-state index is -4.49. The van der Waals surface area contributed by atoms with E-state index in [1.165, 1.54) is 18.3 Å². The van der Waals surface area contributed by atoms with Crippen LogP contribution in [-0.4, -0.2) is 33.2 Å². The van der Waals surface area contributed by atoms with Crippen molar-refractivity contribution in [3.63, 3.8) is 0 Å². The molecule has 4 aromatic rings. The lowest BCUT2D eigenvalue weighted by Gasteiger charge is -2.12. The van der Waals surface area contributed by atoms with Crippen LogP contribution in [-0.2, 0) is 6.18 Å². The maximum absolute atomic E-state index is 12.9. The number of H-pyrrole nitrogens is 1. The Morgan fingerprint density at radius 3 is 2.28 bits per heavy atom. The maximum atomic E-state index is 12.9. The van der Waals surface area contributed by atoms with E-state index >= 15 is 0 Å². The van der Waals surface area contributed by atoms with Crippen molar-refractivity contribution in [2.75, 3.05) is 23.8 Å². The second-order valence-corrected chi connectivity index (χ2v) is 6.47. The van der Waals surface area contributed by atoms with E-state index in [4.69, 9.17) is 5.11 Å². The van der Waals surface area contributed by atoms with E-state index < -0.39 is 17.3 Å². The SMILES string of the molecule is O=c1[nH]ccc2nc(NCCO)nc(Nc3cccc(C(F)(F)F)c3)c12.c1ccccc1. The summed E-state index contributed by atoms with van der Waals surface area (Å²) in [6.45, 7) is 0.0187. The molecule has 4 N–H and O–H groups in total. The van der Waals surface area contributed by atoms with Crippen LogP contribution in [0.3, 0.4) is 0 Å². The number of pyridine rings is 1. The zero-order valence-electron chi connectivity index (χ0n) is 16.7. The first-order chi connectivity index (χ1) is 15.4. The van der Waals surface area contributed by atoms with Crippen LogP contribution in [0.4, 0.5) is 30.6 Å². The number of fused-ring (bicyclic) bond motifs is 1. The van der Waals surface area contributed by atoms with Crippen molar-refractivity contribution in [2.45, 2.75) is 6.18 Å². The summed E-state index contributed by atoms with van der Waals surface area (Å²) in [7, 11) is 0. The third kappa shape index (κ3) is 6.05. The first-order valence-electron chi connectivity index (χ1n) is 9.57. The normalized spacial score (nSPS) is 10.9. The standard InChI is InChI=1S/C16H14F3N5O2.C6H6/c17-16(18,19)9-2-1-3-10(8-9)22-13-12-11(4-5-20-14(12)26)23-15(24-13)21-6-7-25;1-2-4-6-5-3-1/h1-5,8,25H,6-7H2,(H,20,26)(H2,21,22,23,24);1-6H. The molecule has 0 aliphatic rings. The van der Waals surface area contributed by atoms with Gasteiger partial charge in [0.1, 0.15) is 11.2 Å². The van der Waals surface area contributed by atoms with Crippen molar-refractivity contribution >= 4 is 28.4 Å². The molecular formula is C22H20F3N5O2. The number of hydrogen-bond donors (Lipinski definition) is 4. The summed E-state index contributed by atoms with van der Waals surface area (Å²) in [4.78, 5) is 22.9. The summed E-state index contributed by atoms with van der Waals surface area (Å²) in [5.41, 5.74) is -0.881. The van der Waals surface area contributed by atoms with Gasteiger partial charge in [-0.05, 0) is 24.3 Å². The number of alkyl halides is 3. The molecule has 166 valence electrons. The fraction of sp³-hybridized carbons (Fsp3) is 0.136. The van der Waals surface area contributed by atoms with Crippen LogP contribution in [0, 0.1) is 0 Å². The maximum Gasteiger partial charge on any atom is 0.416 e. The first-order valence-corrected chi connectivity index (χ1v) is 9.57. The largest absolute Gasteiger partial charge is 0.416 e. The van der Waals surface area contributed by atoms with Crippen LogP contribution in [0.5, 0.6) is 0 Å². The highest BCUT2D eigenvalue weighted by Gasteiger charge is 2.30. The lowest BCUT2D eigenvalue weighted by molar-refractivity contribution is -0.137. The number of hydrogen-bond acceptors (Lipinski definition) is 6. The number of aliphatic hydroxyl groups is 1. The van der Waals surface area contributed by atoms with Gasteiger partial charge in [0.15, 0.2) is 0 Å². The van der Waals surface area contributed by atoms with Crippen molar-refractivity contribution in [3.05, 3.63) is 88.8 Å². The van der Waals surface area contributed by atoms with Gasteiger partial charge in [-0.3, -0.25) is 4.79 Å². The van der Waals surface area contributed by atoms with E-state index in [-0.39, 0.29) is 36.0 Å². The molecule has 0 unspecified atom stereocenters. The van der Waals surface area contributed by atoms with Gasteiger partial charge in [-0.1, -0.05) is 42.5 Å². The number of nitrogens with one attached hydrogen (secondary N) is 3. The quantitative estimate of drug-likeness (QED) is 0.369. The minimum Gasteiger partial charge on any atom is -0.395 e. The molecule has 0 saturated carbocycles. The average molecular weight is 443 g/mol. The van der Waals surface area contributed by atoms with E-state index in [1.54, 1.807) is 6.07 Å². The Morgan fingerprint density at radius 1 is 0.969 bits per heavy atom. The summed E-state index contributed by atoms with van der Waals surface area (Å²) in [6.07, 6.45) is -3.09. The van der Waals surface area contributed by atoms with Crippen molar-refractivity contribution in [1.29, 1.82) is 0 Å². The van der Waals surface area contributed by atoms with E-state index in [2.05, 4.69) is 25.6 Å². The first kappa shape index (κ1) is 22.8. The minimum absolute atomic E-state index is 0.0524. The van der Waals surface area contributed by atoms with Gasteiger partial charge in [0.2, 0.25) is 5.95 Å². The lowest BCUT2D eigenvalue weighted by atomic mass is 10.2. The van der Waals surface area contributed by atoms with Gasteiger partial charge < -0.3 is 20.7 Å². The third-order valence-electron chi connectivity index (χ3n) is 4.13. The number of rotatable bonds is 5. The predicted octanol–water partition coefficient (Wildman–Crippen LogP) is 4.17. The zero-order valence-corrected chi connectivity index (χ0v) is 16.7. The van der Waals surface area contributed by atoms with Gasteiger partial charge in [-0.25, -0.2) is 4.98 Å².